The summed E-state index contributed by atoms with van der Waals surface area (Å²) in [7, 11) is 0. The summed E-state index contributed by atoms with van der Waals surface area (Å²) in [6.07, 6.45) is 4.27. The van der Waals surface area contributed by atoms with Gasteiger partial charge in [0.25, 0.3) is 5.91 Å². The minimum absolute atomic E-state index is 0.155. The molecule has 4 nitrogen and oxygen atoms in total. The number of hydrogen-bond acceptors (Lipinski definition) is 3. The molecule has 0 unspecified atom stereocenters. The molecule has 2 rings (SSSR count). The molecule has 0 radical (unpaired) electrons. The lowest BCUT2D eigenvalue weighted by atomic mass is 9.74. The molecule has 0 aliphatic heterocycles. The number of carbonyl (C=O) groups is 2. The van der Waals surface area contributed by atoms with E-state index in [4.69, 9.17) is 0 Å². The average Bonchev–Trinajstić information content (AvgIpc) is 2.77. The van der Waals surface area contributed by atoms with Gasteiger partial charge in [0.1, 0.15) is 0 Å². The van der Waals surface area contributed by atoms with E-state index < -0.39 is 11.4 Å². The Hall–Kier alpha value is -1.36. The number of rotatable bonds is 4. The van der Waals surface area contributed by atoms with Gasteiger partial charge in [0, 0.05) is 11.4 Å². The molecule has 1 fully saturated rings. The van der Waals surface area contributed by atoms with Crippen LogP contribution < -0.4 is 5.32 Å². The summed E-state index contributed by atoms with van der Waals surface area (Å²) in [4.78, 5) is 25.4. The number of carbonyl (C=O) groups excluding carboxylic acids is 1. The molecule has 0 aromatic carbocycles. The lowest BCUT2D eigenvalue weighted by Crippen LogP contribution is -2.44. The van der Waals surface area contributed by atoms with Crippen LogP contribution in [0.4, 0.5) is 0 Å². The minimum Gasteiger partial charge on any atom is -0.481 e. The van der Waals surface area contributed by atoms with Crippen LogP contribution in [0, 0.1) is 19.3 Å². The van der Waals surface area contributed by atoms with E-state index >= 15 is 0 Å². The second-order valence-electron chi connectivity index (χ2n) is 5.68. The highest BCUT2D eigenvalue weighted by atomic mass is 32.1. The van der Waals surface area contributed by atoms with Gasteiger partial charge in [-0.15, -0.1) is 11.3 Å². The van der Waals surface area contributed by atoms with Crippen LogP contribution in [-0.2, 0) is 4.79 Å². The molecule has 5 heteroatoms. The highest BCUT2D eigenvalue weighted by Gasteiger charge is 2.39. The van der Waals surface area contributed by atoms with E-state index in [1.165, 1.54) is 11.3 Å². The van der Waals surface area contributed by atoms with E-state index in [-0.39, 0.29) is 12.5 Å². The molecule has 1 aliphatic rings. The first kappa shape index (κ1) is 15.0. The van der Waals surface area contributed by atoms with E-state index in [1.54, 1.807) is 0 Å². The van der Waals surface area contributed by atoms with Crippen LogP contribution in [0.1, 0.15) is 52.2 Å². The number of carboxylic acid groups (broad SMARTS) is 1. The van der Waals surface area contributed by atoms with Crippen molar-refractivity contribution in [1.82, 2.24) is 5.32 Å². The normalized spacial score (nSPS) is 17.7. The third kappa shape index (κ3) is 3.03. The Bertz CT molecular complexity index is 496. The molecule has 1 aromatic heterocycles. The van der Waals surface area contributed by atoms with Crippen molar-refractivity contribution >= 4 is 23.2 Å². The number of aliphatic carboxylic acids is 1. The zero-order valence-electron chi connectivity index (χ0n) is 12.0. The number of hydrogen-bond donors (Lipinski definition) is 2. The average molecular weight is 295 g/mol. The van der Waals surface area contributed by atoms with Gasteiger partial charge in [0.15, 0.2) is 0 Å². The SMILES string of the molecule is Cc1cc(C(=O)NCC2(C(=O)O)CCCCC2)sc1C. The molecule has 20 heavy (non-hydrogen) atoms. The van der Waals surface area contributed by atoms with E-state index in [0.29, 0.717) is 17.7 Å². The minimum atomic E-state index is -0.781. The second kappa shape index (κ2) is 5.95. The lowest BCUT2D eigenvalue weighted by molar-refractivity contribution is -0.150. The van der Waals surface area contributed by atoms with Crippen LogP contribution in [0.15, 0.2) is 6.07 Å². The summed E-state index contributed by atoms with van der Waals surface area (Å²) in [6, 6.07) is 1.86. The zero-order chi connectivity index (χ0) is 14.8. The van der Waals surface area contributed by atoms with Gasteiger partial charge in [-0.05, 0) is 38.3 Å². The third-order valence-corrected chi connectivity index (χ3v) is 5.39. The van der Waals surface area contributed by atoms with Crippen molar-refractivity contribution < 1.29 is 14.7 Å². The molecule has 110 valence electrons. The fraction of sp³-hybridized carbons (Fsp3) is 0.600. The largest absolute Gasteiger partial charge is 0.481 e. The molecule has 1 saturated carbocycles. The molecule has 0 spiro atoms. The molecule has 2 N–H and O–H groups in total. The summed E-state index contributed by atoms with van der Waals surface area (Å²) in [5, 5.41) is 12.3. The van der Waals surface area contributed by atoms with Gasteiger partial charge in [-0.2, -0.15) is 0 Å². The topological polar surface area (TPSA) is 66.4 Å². The summed E-state index contributed by atoms with van der Waals surface area (Å²) < 4.78 is 0. The highest BCUT2D eigenvalue weighted by molar-refractivity contribution is 7.14. The lowest BCUT2D eigenvalue weighted by Gasteiger charge is -2.33. The van der Waals surface area contributed by atoms with Gasteiger partial charge < -0.3 is 10.4 Å². The third-order valence-electron chi connectivity index (χ3n) is 4.24. The van der Waals surface area contributed by atoms with Crippen molar-refractivity contribution in [2.75, 3.05) is 6.54 Å². The molecular weight excluding hydrogens is 274 g/mol. The van der Waals surface area contributed by atoms with Crippen molar-refractivity contribution in [2.45, 2.75) is 46.0 Å². The zero-order valence-corrected chi connectivity index (χ0v) is 12.8. The molecular formula is C15H21NO3S. The first-order chi connectivity index (χ1) is 9.44. The Balaban J connectivity index is 2.02. The van der Waals surface area contributed by atoms with Crippen LogP contribution in [-0.4, -0.2) is 23.5 Å². The molecule has 1 aromatic rings. The standard InChI is InChI=1S/C15H21NO3S/c1-10-8-12(20-11(10)2)13(17)16-9-15(14(18)19)6-4-3-5-7-15/h8H,3-7,9H2,1-2H3,(H,16,17)(H,18,19). The van der Waals surface area contributed by atoms with Crippen molar-refractivity contribution in [1.29, 1.82) is 0 Å². The van der Waals surface area contributed by atoms with Crippen LogP contribution in [0.5, 0.6) is 0 Å². The highest BCUT2D eigenvalue weighted by Crippen LogP contribution is 2.36. The van der Waals surface area contributed by atoms with Crippen LogP contribution in [0.3, 0.4) is 0 Å². The van der Waals surface area contributed by atoms with Gasteiger partial charge >= 0.3 is 5.97 Å². The molecule has 0 saturated heterocycles. The van der Waals surface area contributed by atoms with Crippen molar-refractivity contribution in [3.63, 3.8) is 0 Å². The van der Waals surface area contributed by atoms with Crippen molar-refractivity contribution in [3.05, 3.63) is 21.4 Å². The Morgan fingerprint density at radius 1 is 1.30 bits per heavy atom. The second-order valence-corrected chi connectivity index (χ2v) is 6.93. The molecule has 1 amide bonds. The maximum absolute atomic E-state index is 12.1. The maximum atomic E-state index is 12.1. The number of aryl methyl sites for hydroxylation is 2. The number of thiophene rings is 1. The summed E-state index contributed by atoms with van der Waals surface area (Å²) in [6.45, 7) is 4.19. The van der Waals surface area contributed by atoms with Crippen molar-refractivity contribution in [2.24, 2.45) is 5.41 Å². The maximum Gasteiger partial charge on any atom is 0.311 e. The summed E-state index contributed by atoms with van der Waals surface area (Å²) >= 11 is 1.46. The summed E-state index contributed by atoms with van der Waals surface area (Å²) in [5.41, 5.74) is 0.334. The predicted octanol–water partition coefficient (Wildman–Crippen LogP) is 3.13. The van der Waals surface area contributed by atoms with Gasteiger partial charge in [-0.1, -0.05) is 19.3 Å². The monoisotopic (exact) mass is 295 g/mol. The number of nitrogens with one attached hydrogen (secondary N) is 1. The van der Waals surface area contributed by atoms with E-state index in [2.05, 4.69) is 5.32 Å². The smallest absolute Gasteiger partial charge is 0.311 e. The van der Waals surface area contributed by atoms with E-state index in [9.17, 15) is 14.7 Å². The van der Waals surface area contributed by atoms with E-state index in [1.807, 2.05) is 19.9 Å². The quantitative estimate of drug-likeness (QED) is 0.897. The number of carboxylic acids is 1. The van der Waals surface area contributed by atoms with Gasteiger partial charge in [0.05, 0.1) is 10.3 Å². The fourth-order valence-electron chi connectivity index (χ4n) is 2.72. The molecule has 1 heterocycles. The van der Waals surface area contributed by atoms with Crippen LogP contribution in [0.25, 0.3) is 0 Å². The Morgan fingerprint density at radius 2 is 1.95 bits per heavy atom. The Morgan fingerprint density at radius 3 is 2.45 bits per heavy atom. The predicted molar refractivity (Wildman–Crippen MR) is 79.3 cm³/mol. The first-order valence-electron chi connectivity index (χ1n) is 7.03. The first-order valence-corrected chi connectivity index (χ1v) is 7.85. The van der Waals surface area contributed by atoms with Gasteiger partial charge in [0.2, 0.25) is 0 Å². The Kier molecular flexibility index (Phi) is 4.48. The molecule has 1 aliphatic carbocycles. The molecule has 0 atom stereocenters. The summed E-state index contributed by atoms with van der Waals surface area (Å²) in [5.74, 6) is -0.937. The van der Waals surface area contributed by atoms with Crippen LogP contribution in [0.2, 0.25) is 0 Å². The fourth-order valence-corrected chi connectivity index (χ4v) is 3.67. The Labute approximate surface area is 123 Å². The van der Waals surface area contributed by atoms with Crippen LogP contribution >= 0.6 is 11.3 Å². The molecule has 0 bridgehead atoms. The van der Waals surface area contributed by atoms with Crippen molar-refractivity contribution in [3.8, 4) is 0 Å². The number of amides is 1. The van der Waals surface area contributed by atoms with Gasteiger partial charge in [-0.25, -0.2) is 0 Å². The van der Waals surface area contributed by atoms with Gasteiger partial charge in [-0.3, -0.25) is 9.59 Å². The van der Waals surface area contributed by atoms with E-state index in [0.717, 1.165) is 29.7 Å².